The predicted molar refractivity (Wildman–Crippen MR) is 67.1 cm³/mol. The lowest BCUT2D eigenvalue weighted by atomic mass is 10.2. The van der Waals surface area contributed by atoms with Crippen molar-refractivity contribution in [1.29, 1.82) is 5.41 Å². The molecule has 88 valence electrons. The lowest BCUT2D eigenvalue weighted by molar-refractivity contribution is 0.487. The van der Waals surface area contributed by atoms with Gasteiger partial charge >= 0.3 is 5.68 Å². The molecule has 1 heterocycles. The van der Waals surface area contributed by atoms with Gasteiger partial charge in [0.2, 0.25) is 5.89 Å². The van der Waals surface area contributed by atoms with E-state index >= 15 is 0 Å². The normalized spacial score (nSPS) is 10.4. The summed E-state index contributed by atoms with van der Waals surface area (Å²) in [4.78, 5) is 0. The van der Waals surface area contributed by atoms with E-state index in [2.05, 4.69) is 5.10 Å². The number of rotatable bonds is 2. The van der Waals surface area contributed by atoms with Gasteiger partial charge in [0.1, 0.15) is 0 Å². The maximum Gasteiger partial charge on any atom is 0.317 e. The van der Waals surface area contributed by atoms with Gasteiger partial charge in [-0.05, 0) is 24.3 Å². The number of nitrogens with one attached hydrogen (secondary N) is 1. The Morgan fingerprint density at radius 1 is 0.889 bits per heavy atom. The maximum atomic E-state index is 7.81. The van der Waals surface area contributed by atoms with Gasteiger partial charge in [0.15, 0.2) is 0 Å². The molecule has 0 unspecified atom stereocenters. The Hall–Kier alpha value is -2.62. The minimum atomic E-state index is 0.0139. The molecule has 0 spiro atoms. The molecule has 0 fully saturated rings. The van der Waals surface area contributed by atoms with Crippen molar-refractivity contribution in [2.75, 3.05) is 0 Å². The Bertz CT molecular complexity index is 699. The van der Waals surface area contributed by atoms with Crippen LogP contribution in [-0.4, -0.2) is 9.78 Å². The van der Waals surface area contributed by atoms with Gasteiger partial charge in [0, 0.05) is 5.56 Å². The van der Waals surface area contributed by atoms with Crippen LogP contribution in [-0.2, 0) is 0 Å². The molecule has 0 aliphatic carbocycles. The molecule has 0 amide bonds. The largest absolute Gasteiger partial charge is 0.403 e. The molecule has 18 heavy (non-hydrogen) atoms. The second-order valence-corrected chi connectivity index (χ2v) is 3.83. The molecule has 0 radical (unpaired) electrons. The number of nitrogens with zero attached hydrogens (tertiary/aromatic N) is 2. The standard InChI is InChI=1S/C14H11N3O/c15-14-17(12-9-5-2-6-10-12)16-13(18-14)11-7-3-1-4-8-11/h1-10,15H. The fourth-order valence-corrected chi connectivity index (χ4v) is 1.73. The first-order chi connectivity index (χ1) is 8.84. The van der Waals surface area contributed by atoms with Gasteiger partial charge in [-0.25, -0.2) is 5.41 Å². The summed E-state index contributed by atoms with van der Waals surface area (Å²) < 4.78 is 6.85. The fraction of sp³-hybridized carbons (Fsp3) is 0. The summed E-state index contributed by atoms with van der Waals surface area (Å²) in [5.74, 6) is 0.449. The Morgan fingerprint density at radius 3 is 2.17 bits per heavy atom. The van der Waals surface area contributed by atoms with E-state index in [9.17, 15) is 0 Å². The molecule has 3 rings (SSSR count). The minimum absolute atomic E-state index is 0.0139. The number of para-hydroxylation sites is 1. The first kappa shape index (κ1) is 10.5. The van der Waals surface area contributed by atoms with E-state index in [1.54, 1.807) is 0 Å². The molecule has 1 N–H and O–H groups in total. The number of benzene rings is 2. The lowest BCUT2D eigenvalue weighted by Gasteiger charge is -1.96. The molecule has 0 saturated heterocycles. The van der Waals surface area contributed by atoms with Crippen molar-refractivity contribution in [2.45, 2.75) is 0 Å². The first-order valence-corrected chi connectivity index (χ1v) is 5.60. The molecule has 2 aromatic carbocycles. The van der Waals surface area contributed by atoms with Crippen LogP contribution < -0.4 is 5.68 Å². The highest BCUT2D eigenvalue weighted by Crippen LogP contribution is 2.15. The Kier molecular flexibility index (Phi) is 2.53. The van der Waals surface area contributed by atoms with Crippen LogP contribution >= 0.6 is 0 Å². The van der Waals surface area contributed by atoms with Gasteiger partial charge in [0.25, 0.3) is 0 Å². The van der Waals surface area contributed by atoms with Gasteiger partial charge in [-0.3, -0.25) is 0 Å². The zero-order valence-corrected chi connectivity index (χ0v) is 9.58. The number of hydrogen-bond donors (Lipinski definition) is 1. The van der Waals surface area contributed by atoms with E-state index < -0.39 is 0 Å². The molecule has 0 aliphatic heterocycles. The second kappa shape index (κ2) is 4.33. The minimum Gasteiger partial charge on any atom is -0.403 e. The van der Waals surface area contributed by atoms with Crippen LogP contribution in [0.15, 0.2) is 65.1 Å². The maximum absolute atomic E-state index is 7.81. The molecule has 0 saturated carbocycles. The average molecular weight is 237 g/mol. The Labute approximate surface area is 104 Å². The molecule has 0 atom stereocenters. The highest BCUT2D eigenvalue weighted by Gasteiger charge is 2.08. The summed E-state index contributed by atoms with van der Waals surface area (Å²) in [7, 11) is 0. The summed E-state index contributed by atoms with van der Waals surface area (Å²) >= 11 is 0. The summed E-state index contributed by atoms with van der Waals surface area (Å²) in [6.07, 6.45) is 0. The van der Waals surface area contributed by atoms with E-state index in [0.717, 1.165) is 11.3 Å². The number of hydrogen-bond acceptors (Lipinski definition) is 3. The predicted octanol–water partition coefficient (Wildman–Crippen LogP) is 2.61. The molecular weight excluding hydrogens is 226 g/mol. The van der Waals surface area contributed by atoms with E-state index in [-0.39, 0.29) is 5.68 Å². The van der Waals surface area contributed by atoms with Crippen molar-refractivity contribution in [3.8, 4) is 17.1 Å². The zero-order chi connectivity index (χ0) is 12.4. The molecule has 4 heteroatoms. The van der Waals surface area contributed by atoms with Crippen molar-refractivity contribution in [1.82, 2.24) is 9.78 Å². The Balaban J connectivity index is 2.10. The van der Waals surface area contributed by atoms with Crippen molar-refractivity contribution in [2.24, 2.45) is 0 Å². The topological polar surface area (TPSA) is 54.8 Å². The van der Waals surface area contributed by atoms with Crippen LogP contribution in [0, 0.1) is 5.41 Å². The van der Waals surface area contributed by atoms with E-state index in [4.69, 9.17) is 9.83 Å². The van der Waals surface area contributed by atoms with E-state index in [1.807, 2.05) is 60.7 Å². The van der Waals surface area contributed by atoms with Crippen LogP contribution in [0.3, 0.4) is 0 Å². The second-order valence-electron chi connectivity index (χ2n) is 3.83. The third-order valence-corrected chi connectivity index (χ3v) is 2.60. The summed E-state index contributed by atoms with van der Waals surface area (Å²) in [5, 5.41) is 12.1. The van der Waals surface area contributed by atoms with Gasteiger partial charge in [0.05, 0.1) is 5.69 Å². The quantitative estimate of drug-likeness (QED) is 0.744. The summed E-state index contributed by atoms with van der Waals surface area (Å²) in [5.41, 5.74) is 1.69. The van der Waals surface area contributed by atoms with Gasteiger partial charge in [-0.2, -0.15) is 4.68 Å². The monoisotopic (exact) mass is 237 g/mol. The first-order valence-electron chi connectivity index (χ1n) is 5.60. The highest BCUT2D eigenvalue weighted by molar-refractivity contribution is 5.52. The average Bonchev–Trinajstić information content (AvgIpc) is 2.83. The van der Waals surface area contributed by atoms with Crippen molar-refractivity contribution in [3.63, 3.8) is 0 Å². The van der Waals surface area contributed by atoms with E-state index in [1.165, 1.54) is 4.68 Å². The highest BCUT2D eigenvalue weighted by atomic mass is 16.4. The van der Waals surface area contributed by atoms with Crippen LogP contribution in [0.4, 0.5) is 0 Å². The summed E-state index contributed by atoms with van der Waals surface area (Å²) in [6.45, 7) is 0. The number of aromatic nitrogens is 2. The SMILES string of the molecule is N=c1oc(-c2ccccc2)nn1-c1ccccc1. The molecule has 4 nitrogen and oxygen atoms in total. The summed E-state index contributed by atoms with van der Waals surface area (Å²) in [6, 6.07) is 19.1. The van der Waals surface area contributed by atoms with Crippen LogP contribution in [0.1, 0.15) is 0 Å². The van der Waals surface area contributed by atoms with Gasteiger partial charge < -0.3 is 4.42 Å². The van der Waals surface area contributed by atoms with Gasteiger partial charge in [-0.15, -0.1) is 5.10 Å². The van der Waals surface area contributed by atoms with Crippen molar-refractivity contribution < 1.29 is 4.42 Å². The van der Waals surface area contributed by atoms with E-state index in [0.29, 0.717) is 5.89 Å². The smallest absolute Gasteiger partial charge is 0.317 e. The van der Waals surface area contributed by atoms with Crippen molar-refractivity contribution in [3.05, 3.63) is 66.3 Å². The van der Waals surface area contributed by atoms with Gasteiger partial charge in [-0.1, -0.05) is 36.4 Å². The third kappa shape index (κ3) is 1.84. The fourth-order valence-electron chi connectivity index (χ4n) is 1.73. The lowest BCUT2D eigenvalue weighted by Crippen LogP contribution is -2.13. The third-order valence-electron chi connectivity index (χ3n) is 2.60. The van der Waals surface area contributed by atoms with Crippen LogP contribution in [0.5, 0.6) is 0 Å². The van der Waals surface area contributed by atoms with Crippen LogP contribution in [0.2, 0.25) is 0 Å². The van der Waals surface area contributed by atoms with Crippen molar-refractivity contribution >= 4 is 0 Å². The Morgan fingerprint density at radius 2 is 1.50 bits per heavy atom. The van der Waals surface area contributed by atoms with Crippen LogP contribution in [0.25, 0.3) is 17.1 Å². The molecule has 0 bridgehead atoms. The molecule has 1 aromatic heterocycles. The molecular formula is C14H11N3O. The zero-order valence-electron chi connectivity index (χ0n) is 9.58. The molecule has 0 aliphatic rings. The molecule has 3 aromatic rings.